The number of piperidine rings is 3. The highest BCUT2D eigenvalue weighted by molar-refractivity contribution is 5.76. The van der Waals surface area contributed by atoms with Gasteiger partial charge in [0.05, 0.1) is 12.0 Å². The Hall–Kier alpha value is -0.650. The lowest BCUT2D eigenvalue weighted by Crippen LogP contribution is -2.60. The number of aliphatic hydroxyl groups is 1. The summed E-state index contributed by atoms with van der Waals surface area (Å²) in [7, 11) is 0. The first-order chi connectivity index (χ1) is 6.64. The number of nitrogens with two attached hydrogens (primary N) is 1. The summed E-state index contributed by atoms with van der Waals surface area (Å²) >= 11 is 0. The Morgan fingerprint density at radius 1 is 1.57 bits per heavy atom. The number of hydrogen-bond acceptors (Lipinski definition) is 4. The van der Waals surface area contributed by atoms with Gasteiger partial charge in [-0.2, -0.15) is 0 Å². The number of carbonyl (C=O) groups is 1. The normalized spacial score (nSPS) is 41.0. The maximum absolute atomic E-state index is 11.1. The van der Waals surface area contributed by atoms with Crippen LogP contribution in [0.3, 0.4) is 0 Å². The first-order valence-corrected chi connectivity index (χ1v) is 5.08. The van der Waals surface area contributed by atoms with Gasteiger partial charge >= 0.3 is 0 Å². The Balaban J connectivity index is 2.04. The molecule has 1 amide bonds. The summed E-state index contributed by atoms with van der Waals surface area (Å²) < 4.78 is 0. The lowest BCUT2D eigenvalue weighted by Gasteiger charge is -2.50. The second-order valence-corrected chi connectivity index (χ2v) is 4.40. The van der Waals surface area contributed by atoms with Gasteiger partial charge in [0.25, 0.3) is 0 Å². The quantitative estimate of drug-likeness (QED) is 0.297. The highest BCUT2D eigenvalue weighted by atomic mass is 16.3. The van der Waals surface area contributed by atoms with E-state index in [4.69, 9.17) is 5.84 Å². The van der Waals surface area contributed by atoms with Crippen LogP contribution in [0.5, 0.6) is 0 Å². The van der Waals surface area contributed by atoms with Crippen molar-refractivity contribution in [2.75, 3.05) is 19.6 Å². The Bertz CT molecular complexity index is 238. The van der Waals surface area contributed by atoms with Crippen molar-refractivity contribution in [2.24, 2.45) is 11.8 Å². The predicted octanol–water partition coefficient (Wildman–Crippen LogP) is -1.18. The van der Waals surface area contributed by atoms with Crippen LogP contribution in [0.2, 0.25) is 0 Å². The second kappa shape index (κ2) is 3.49. The van der Waals surface area contributed by atoms with Crippen molar-refractivity contribution in [3.05, 3.63) is 0 Å². The van der Waals surface area contributed by atoms with E-state index in [2.05, 4.69) is 10.3 Å². The van der Waals surface area contributed by atoms with Crippen LogP contribution < -0.4 is 11.3 Å². The molecule has 3 rings (SSSR count). The van der Waals surface area contributed by atoms with Gasteiger partial charge in [0.2, 0.25) is 5.91 Å². The van der Waals surface area contributed by atoms with Crippen LogP contribution >= 0.6 is 0 Å². The van der Waals surface area contributed by atoms with Crippen LogP contribution in [0.4, 0.5) is 0 Å². The van der Waals surface area contributed by atoms with E-state index in [-0.39, 0.29) is 18.2 Å². The Kier molecular flexibility index (Phi) is 2.47. The summed E-state index contributed by atoms with van der Waals surface area (Å²) in [4.78, 5) is 13.4. The van der Waals surface area contributed by atoms with Gasteiger partial charge in [-0.25, -0.2) is 5.84 Å². The van der Waals surface area contributed by atoms with Gasteiger partial charge in [-0.05, 0) is 31.8 Å². The van der Waals surface area contributed by atoms with E-state index in [1.807, 2.05) is 0 Å². The molecule has 0 aromatic carbocycles. The molecule has 3 saturated heterocycles. The van der Waals surface area contributed by atoms with Crippen LogP contribution in [0.25, 0.3) is 0 Å². The number of fused-ring (bicyclic) bond motifs is 3. The molecule has 1 atom stereocenters. The number of rotatable bonds is 2. The molecule has 14 heavy (non-hydrogen) atoms. The first kappa shape index (κ1) is 9.89. The van der Waals surface area contributed by atoms with Gasteiger partial charge in [-0.1, -0.05) is 0 Å². The molecule has 2 bridgehead atoms. The van der Waals surface area contributed by atoms with Crippen molar-refractivity contribution in [2.45, 2.75) is 24.9 Å². The van der Waals surface area contributed by atoms with Crippen LogP contribution in [-0.4, -0.2) is 41.1 Å². The van der Waals surface area contributed by atoms with E-state index >= 15 is 0 Å². The molecular weight excluding hydrogens is 182 g/mol. The van der Waals surface area contributed by atoms with Crippen molar-refractivity contribution in [1.82, 2.24) is 10.3 Å². The molecule has 3 aliphatic rings. The summed E-state index contributed by atoms with van der Waals surface area (Å²) in [6.07, 6.45) is 2.12. The maximum atomic E-state index is 11.1. The van der Waals surface area contributed by atoms with Crippen LogP contribution in [0.1, 0.15) is 19.3 Å². The fraction of sp³-hybridized carbons (Fsp3) is 0.889. The van der Waals surface area contributed by atoms with Gasteiger partial charge in [0.15, 0.2) is 0 Å². The molecule has 0 saturated carbocycles. The van der Waals surface area contributed by atoms with E-state index in [9.17, 15) is 9.90 Å². The molecule has 1 unspecified atom stereocenters. The van der Waals surface area contributed by atoms with Crippen LogP contribution in [0.15, 0.2) is 0 Å². The average molecular weight is 199 g/mol. The van der Waals surface area contributed by atoms with E-state index in [1.165, 1.54) is 0 Å². The van der Waals surface area contributed by atoms with Crippen molar-refractivity contribution >= 4 is 5.91 Å². The number of nitrogens with zero attached hydrogens (tertiary/aromatic N) is 1. The maximum Gasteiger partial charge on any atom is 0.236 e. The lowest BCUT2D eigenvalue weighted by atomic mass is 9.73. The molecule has 3 fully saturated rings. The zero-order valence-corrected chi connectivity index (χ0v) is 8.20. The number of carbonyl (C=O) groups excluding carboxylic acids is 1. The summed E-state index contributed by atoms with van der Waals surface area (Å²) in [5.74, 6) is 5.01. The van der Waals surface area contributed by atoms with Crippen molar-refractivity contribution in [3.8, 4) is 0 Å². The molecule has 0 radical (unpaired) electrons. The molecule has 5 heteroatoms. The fourth-order valence-corrected chi connectivity index (χ4v) is 2.67. The van der Waals surface area contributed by atoms with Crippen molar-refractivity contribution < 1.29 is 9.90 Å². The molecule has 0 aromatic rings. The van der Waals surface area contributed by atoms with E-state index < -0.39 is 5.60 Å². The minimum atomic E-state index is -0.847. The van der Waals surface area contributed by atoms with Crippen LogP contribution in [-0.2, 0) is 4.79 Å². The third kappa shape index (κ3) is 1.63. The molecule has 4 N–H and O–H groups in total. The van der Waals surface area contributed by atoms with Crippen molar-refractivity contribution in [1.29, 1.82) is 0 Å². The minimum absolute atomic E-state index is 0.130. The molecule has 0 spiro atoms. The number of nitrogens with one attached hydrogen (secondary N) is 1. The standard InChI is InChI=1S/C9H17N3O2/c10-11-8(13)5-9(14)6-12-3-1-7(9)2-4-12/h7,14H,1-6,10H2,(H,11,13). The summed E-state index contributed by atoms with van der Waals surface area (Å²) in [6, 6.07) is 0. The van der Waals surface area contributed by atoms with Gasteiger partial charge in [0, 0.05) is 6.54 Å². The summed E-state index contributed by atoms with van der Waals surface area (Å²) in [5.41, 5.74) is 1.23. The van der Waals surface area contributed by atoms with E-state index in [0.717, 1.165) is 25.9 Å². The third-order valence-electron chi connectivity index (χ3n) is 3.47. The van der Waals surface area contributed by atoms with Gasteiger partial charge in [-0.15, -0.1) is 0 Å². The molecular formula is C9H17N3O2. The smallest absolute Gasteiger partial charge is 0.236 e. The molecule has 0 aliphatic carbocycles. The number of hydrazine groups is 1. The molecule has 80 valence electrons. The zero-order chi connectivity index (χ0) is 10.2. The van der Waals surface area contributed by atoms with Crippen molar-refractivity contribution in [3.63, 3.8) is 0 Å². The molecule has 3 heterocycles. The average Bonchev–Trinajstić information content (AvgIpc) is 2.18. The Morgan fingerprint density at radius 3 is 2.64 bits per heavy atom. The highest BCUT2D eigenvalue weighted by Crippen LogP contribution is 2.37. The predicted molar refractivity (Wildman–Crippen MR) is 51.1 cm³/mol. The van der Waals surface area contributed by atoms with Crippen LogP contribution in [0, 0.1) is 5.92 Å². The highest BCUT2D eigenvalue weighted by Gasteiger charge is 2.46. The monoisotopic (exact) mass is 199 g/mol. The minimum Gasteiger partial charge on any atom is -0.388 e. The Labute approximate surface area is 83.2 Å². The fourth-order valence-electron chi connectivity index (χ4n) is 2.67. The number of hydrogen-bond donors (Lipinski definition) is 3. The molecule has 5 nitrogen and oxygen atoms in total. The SMILES string of the molecule is NNC(=O)CC1(O)CN2CCC1CC2. The first-order valence-electron chi connectivity index (χ1n) is 5.08. The van der Waals surface area contributed by atoms with Gasteiger partial charge in [-0.3, -0.25) is 10.2 Å². The Morgan fingerprint density at radius 2 is 2.21 bits per heavy atom. The molecule has 0 aromatic heterocycles. The summed E-state index contributed by atoms with van der Waals surface area (Å²) in [5, 5.41) is 10.3. The second-order valence-electron chi connectivity index (χ2n) is 4.40. The number of amides is 1. The largest absolute Gasteiger partial charge is 0.388 e. The van der Waals surface area contributed by atoms with Gasteiger partial charge in [0.1, 0.15) is 0 Å². The lowest BCUT2D eigenvalue weighted by molar-refractivity contribution is -0.142. The van der Waals surface area contributed by atoms with E-state index in [1.54, 1.807) is 0 Å². The van der Waals surface area contributed by atoms with E-state index in [0.29, 0.717) is 6.54 Å². The topological polar surface area (TPSA) is 78.6 Å². The zero-order valence-electron chi connectivity index (χ0n) is 8.20. The van der Waals surface area contributed by atoms with Gasteiger partial charge < -0.3 is 10.0 Å². The third-order valence-corrected chi connectivity index (χ3v) is 3.47. The molecule has 3 aliphatic heterocycles. The summed E-state index contributed by atoms with van der Waals surface area (Å²) in [6.45, 7) is 2.72.